The first kappa shape index (κ1) is 21.0. The molecule has 6 nitrogen and oxygen atoms in total. The average Bonchev–Trinajstić information content (AvgIpc) is 2.72. The molecule has 1 aliphatic heterocycles. The Hall–Kier alpha value is -1.35. The number of carbonyl (C=O) groups is 2. The van der Waals surface area contributed by atoms with Gasteiger partial charge in [-0.1, -0.05) is 29.4 Å². The number of halogens is 1. The van der Waals surface area contributed by atoms with Gasteiger partial charge in [-0.25, -0.2) is 9.78 Å². The van der Waals surface area contributed by atoms with Crippen LogP contribution in [0.3, 0.4) is 0 Å². The normalized spacial score (nSPS) is 18.8. The predicted molar refractivity (Wildman–Crippen MR) is 103 cm³/mol. The van der Waals surface area contributed by atoms with Crippen molar-refractivity contribution in [1.29, 1.82) is 0 Å². The van der Waals surface area contributed by atoms with Crippen LogP contribution in [-0.4, -0.2) is 45.2 Å². The summed E-state index contributed by atoms with van der Waals surface area (Å²) >= 11 is 6.95. The van der Waals surface area contributed by atoms with Gasteiger partial charge in [0.25, 0.3) is 0 Å². The van der Waals surface area contributed by atoms with Crippen LogP contribution in [0.1, 0.15) is 50.5 Å². The van der Waals surface area contributed by atoms with Gasteiger partial charge in [0.05, 0.1) is 16.8 Å². The quantitative estimate of drug-likeness (QED) is 0.598. The second kappa shape index (κ2) is 7.72. The van der Waals surface area contributed by atoms with Gasteiger partial charge < -0.3 is 14.4 Å². The summed E-state index contributed by atoms with van der Waals surface area (Å²) in [5.74, 6) is -0.801. The zero-order chi connectivity index (χ0) is 19.7. The minimum absolute atomic E-state index is 0.0344. The molecule has 0 amide bonds. The Morgan fingerprint density at radius 3 is 2.38 bits per heavy atom. The minimum atomic E-state index is -1.16. The monoisotopic (exact) mass is 397 g/mol. The van der Waals surface area contributed by atoms with Gasteiger partial charge in [0.1, 0.15) is 5.15 Å². The lowest BCUT2D eigenvalue weighted by Gasteiger charge is -2.32. The van der Waals surface area contributed by atoms with E-state index in [1.54, 1.807) is 6.08 Å². The molecule has 2 heterocycles. The van der Waals surface area contributed by atoms with E-state index in [0.29, 0.717) is 16.8 Å². The minimum Gasteiger partial charge on any atom is -0.478 e. The lowest BCUT2D eigenvalue weighted by Crippen LogP contribution is -2.41. The second-order valence-corrected chi connectivity index (χ2v) is 8.51. The van der Waals surface area contributed by atoms with Crippen molar-refractivity contribution < 1.29 is 24.0 Å². The van der Waals surface area contributed by atoms with Crippen molar-refractivity contribution in [2.24, 2.45) is 0 Å². The molecule has 0 aromatic carbocycles. The molecule has 1 aliphatic rings. The molecule has 1 saturated heterocycles. The first-order chi connectivity index (χ1) is 11.9. The van der Waals surface area contributed by atoms with Crippen LogP contribution < -0.4 is 0 Å². The first-order valence-corrected chi connectivity index (χ1v) is 9.37. The predicted octanol–water partition coefficient (Wildman–Crippen LogP) is 3.73. The van der Waals surface area contributed by atoms with E-state index < -0.39 is 24.3 Å². The fourth-order valence-corrected chi connectivity index (χ4v) is 3.04. The summed E-state index contributed by atoms with van der Waals surface area (Å²) in [6.07, 6.45) is 3.20. The highest BCUT2D eigenvalue weighted by molar-refractivity contribution is 8.13. The Labute approximate surface area is 162 Å². The molecule has 0 spiro atoms. The maximum atomic E-state index is 11.4. The molecule has 0 unspecified atom stereocenters. The maximum Gasteiger partial charge on any atom is 0.491 e. The summed E-state index contributed by atoms with van der Waals surface area (Å²) in [6, 6.07) is 1.43. The van der Waals surface area contributed by atoms with Crippen molar-refractivity contribution in [2.75, 3.05) is 5.75 Å². The molecule has 0 atom stereocenters. The summed E-state index contributed by atoms with van der Waals surface area (Å²) in [7, 11) is -0.643. The molecule has 140 valence electrons. The van der Waals surface area contributed by atoms with Crippen LogP contribution in [0, 0.1) is 0 Å². The van der Waals surface area contributed by atoms with E-state index in [4.69, 9.17) is 20.9 Å². The smallest absolute Gasteiger partial charge is 0.478 e. The van der Waals surface area contributed by atoms with Crippen LogP contribution in [0.5, 0.6) is 0 Å². The van der Waals surface area contributed by atoms with Crippen molar-refractivity contribution >= 4 is 47.6 Å². The number of thioether (sulfide) groups is 1. The number of nitrogens with zero attached hydrogens (tertiary/aromatic N) is 1. The maximum absolute atomic E-state index is 11.4. The van der Waals surface area contributed by atoms with Crippen molar-refractivity contribution in [2.45, 2.75) is 45.8 Å². The molecule has 0 radical (unpaired) electrons. The average molecular weight is 398 g/mol. The highest BCUT2D eigenvalue weighted by Crippen LogP contribution is 2.39. The zero-order valence-electron chi connectivity index (χ0n) is 15.3. The number of aromatic carboxylic acids is 1. The molecule has 0 saturated carbocycles. The van der Waals surface area contributed by atoms with Crippen LogP contribution >= 0.6 is 23.4 Å². The highest BCUT2D eigenvalue weighted by Gasteiger charge is 2.52. The van der Waals surface area contributed by atoms with Crippen molar-refractivity contribution in [3.8, 4) is 0 Å². The Morgan fingerprint density at radius 1 is 1.31 bits per heavy atom. The van der Waals surface area contributed by atoms with Crippen LogP contribution in [-0.2, 0) is 14.1 Å². The standard InChI is InChI=1S/C17H21BClNO5S/c1-10(21)26-9-12(18-24-16(2,3)17(4,5)25-18)6-11-7-13(15(22)23)14(19)20-8-11/h6-8H,9H2,1-5H3,(H,22,23). The molecule has 1 aromatic heterocycles. The number of carboxylic acids is 1. The van der Waals surface area contributed by atoms with E-state index in [0.717, 1.165) is 11.8 Å². The summed E-state index contributed by atoms with van der Waals surface area (Å²) in [5.41, 5.74) is 0.113. The van der Waals surface area contributed by atoms with Gasteiger partial charge in [-0.2, -0.15) is 0 Å². The third kappa shape index (κ3) is 4.68. The van der Waals surface area contributed by atoms with E-state index in [2.05, 4.69) is 4.98 Å². The van der Waals surface area contributed by atoms with Gasteiger partial charge in [-0.15, -0.1) is 0 Å². The van der Waals surface area contributed by atoms with Gasteiger partial charge in [-0.05, 0) is 44.8 Å². The zero-order valence-corrected chi connectivity index (χ0v) is 16.9. The third-order valence-corrected chi connectivity index (χ3v) is 5.63. The molecule has 0 bridgehead atoms. The van der Waals surface area contributed by atoms with Crippen molar-refractivity contribution in [3.63, 3.8) is 0 Å². The number of pyridine rings is 1. The fraction of sp³-hybridized carbons (Fsp3) is 0.471. The summed E-state index contributed by atoms with van der Waals surface area (Å²) < 4.78 is 12.1. The molecular formula is C17H21BClNO5S. The van der Waals surface area contributed by atoms with E-state index in [-0.39, 0.29) is 15.8 Å². The number of hydrogen-bond donors (Lipinski definition) is 1. The fourth-order valence-electron chi connectivity index (χ4n) is 2.26. The molecule has 26 heavy (non-hydrogen) atoms. The van der Waals surface area contributed by atoms with Gasteiger partial charge in [0.15, 0.2) is 5.12 Å². The van der Waals surface area contributed by atoms with Crippen LogP contribution in [0.25, 0.3) is 6.08 Å². The lowest BCUT2D eigenvalue weighted by molar-refractivity contribution is -0.109. The third-order valence-electron chi connectivity index (χ3n) is 4.44. The molecule has 9 heteroatoms. The largest absolute Gasteiger partial charge is 0.491 e. The van der Waals surface area contributed by atoms with Gasteiger partial charge >= 0.3 is 13.1 Å². The SMILES string of the molecule is CC(=O)SCC(=Cc1cnc(Cl)c(C(=O)O)c1)B1OC(C)(C)C(C)(C)O1. The summed E-state index contributed by atoms with van der Waals surface area (Å²) in [5, 5.41) is 9.09. The molecule has 0 aliphatic carbocycles. The second-order valence-electron chi connectivity index (χ2n) is 7.00. The van der Waals surface area contributed by atoms with E-state index >= 15 is 0 Å². The van der Waals surface area contributed by atoms with Gasteiger partial charge in [0.2, 0.25) is 0 Å². The van der Waals surface area contributed by atoms with Gasteiger partial charge in [-0.3, -0.25) is 4.79 Å². The molecule has 1 aromatic rings. The van der Waals surface area contributed by atoms with Crippen molar-refractivity contribution in [3.05, 3.63) is 34.0 Å². The van der Waals surface area contributed by atoms with Crippen molar-refractivity contribution in [1.82, 2.24) is 4.98 Å². The van der Waals surface area contributed by atoms with E-state index in [9.17, 15) is 14.7 Å². The number of rotatable bonds is 5. The highest BCUT2D eigenvalue weighted by atomic mass is 35.5. The molecule has 2 rings (SSSR count). The van der Waals surface area contributed by atoms with Gasteiger partial charge in [0, 0.05) is 18.9 Å². The Morgan fingerprint density at radius 2 is 1.88 bits per heavy atom. The summed E-state index contributed by atoms with van der Waals surface area (Å²) in [4.78, 5) is 26.6. The molecule has 1 fully saturated rings. The first-order valence-electron chi connectivity index (χ1n) is 8.01. The van der Waals surface area contributed by atoms with E-state index in [1.807, 2.05) is 27.7 Å². The number of carbonyl (C=O) groups excluding carboxylic acids is 1. The molecular weight excluding hydrogens is 377 g/mol. The Kier molecular flexibility index (Phi) is 6.22. The Balaban J connectivity index is 2.39. The topological polar surface area (TPSA) is 85.7 Å². The number of hydrogen-bond acceptors (Lipinski definition) is 6. The van der Waals surface area contributed by atoms with Crippen LogP contribution in [0.2, 0.25) is 5.15 Å². The Bertz CT molecular complexity index is 750. The number of carboxylic acid groups (broad SMARTS) is 1. The van der Waals surface area contributed by atoms with E-state index in [1.165, 1.54) is 19.2 Å². The lowest BCUT2D eigenvalue weighted by atomic mass is 9.78. The molecule has 1 N–H and O–H groups in total. The summed E-state index contributed by atoms with van der Waals surface area (Å²) in [6.45, 7) is 9.24. The number of aromatic nitrogens is 1. The van der Waals surface area contributed by atoms with Crippen LogP contribution in [0.15, 0.2) is 17.7 Å². The van der Waals surface area contributed by atoms with Crippen LogP contribution in [0.4, 0.5) is 0 Å².